The van der Waals surface area contributed by atoms with E-state index in [1.165, 1.54) is 0 Å². The first-order chi connectivity index (χ1) is 7.44. The van der Waals surface area contributed by atoms with Gasteiger partial charge in [-0.25, -0.2) is 9.97 Å². The van der Waals surface area contributed by atoms with Crippen LogP contribution >= 0.6 is 0 Å². The first-order valence-corrected chi connectivity index (χ1v) is 4.68. The lowest BCUT2D eigenvalue weighted by atomic mass is 10.1. The van der Waals surface area contributed by atoms with Crippen LogP contribution in [0.4, 0.5) is 11.6 Å². The lowest BCUT2D eigenvalue weighted by Crippen LogP contribution is -2.36. The number of nitrogens with zero attached hydrogens (tertiary/aromatic N) is 3. The fraction of sp³-hybridized carbons (Fsp3) is 0.556. The van der Waals surface area contributed by atoms with Gasteiger partial charge in [-0.2, -0.15) is 0 Å². The normalized spacial score (nSPS) is 11.2. The van der Waals surface area contributed by atoms with Crippen molar-refractivity contribution in [3.63, 3.8) is 0 Å². The highest BCUT2D eigenvalue weighted by atomic mass is 16.6. The van der Waals surface area contributed by atoms with Crippen LogP contribution in [0.3, 0.4) is 0 Å². The quantitative estimate of drug-likeness (QED) is 0.599. The Labute approximate surface area is 93.0 Å². The third-order valence-corrected chi connectivity index (χ3v) is 1.80. The molecule has 0 aliphatic heterocycles. The van der Waals surface area contributed by atoms with Gasteiger partial charge >= 0.3 is 5.69 Å². The zero-order chi connectivity index (χ0) is 12.2. The number of hydrogen-bond acceptors (Lipinski definition) is 6. The Bertz CT molecular complexity index is 364. The maximum Gasteiger partial charge on any atom is 0.305 e. The van der Waals surface area contributed by atoms with E-state index >= 15 is 0 Å². The first kappa shape index (κ1) is 12.3. The van der Waals surface area contributed by atoms with Gasteiger partial charge in [-0.3, -0.25) is 10.1 Å². The highest BCUT2D eigenvalue weighted by Crippen LogP contribution is 2.13. The molecule has 16 heavy (non-hydrogen) atoms. The Morgan fingerprint density at radius 3 is 2.50 bits per heavy atom. The van der Waals surface area contributed by atoms with Crippen molar-refractivity contribution in [3.8, 4) is 0 Å². The number of hydrogen-bond donors (Lipinski definition) is 1. The summed E-state index contributed by atoms with van der Waals surface area (Å²) in [5, 5.41) is 13.4. The molecule has 0 aromatic carbocycles. The van der Waals surface area contributed by atoms with Crippen LogP contribution in [0.25, 0.3) is 0 Å². The van der Waals surface area contributed by atoms with Gasteiger partial charge in [0.25, 0.3) is 0 Å². The topological polar surface area (TPSA) is 90.2 Å². The van der Waals surface area contributed by atoms with E-state index in [0.717, 1.165) is 12.4 Å². The van der Waals surface area contributed by atoms with Crippen molar-refractivity contribution in [2.45, 2.75) is 19.4 Å². The Hall–Kier alpha value is -1.76. The molecule has 1 heterocycles. The summed E-state index contributed by atoms with van der Waals surface area (Å²) in [6.45, 7) is 4.32. The Kier molecular flexibility index (Phi) is 3.73. The van der Waals surface area contributed by atoms with Crippen molar-refractivity contribution in [3.05, 3.63) is 22.5 Å². The summed E-state index contributed by atoms with van der Waals surface area (Å²) in [4.78, 5) is 17.5. The van der Waals surface area contributed by atoms with E-state index in [1.807, 2.05) is 13.8 Å². The Balaban J connectivity index is 2.72. The second-order valence-electron chi connectivity index (χ2n) is 3.96. The lowest BCUT2D eigenvalue weighted by Gasteiger charge is -2.24. The third-order valence-electron chi connectivity index (χ3n) is 1.80. The summed E-state index contributed by atoms with van der Waals surface area (Å²) >= 11 is 0. The van der Waals surface area contributed by atoms with Crippen LogP contribution in [0.5, 0.6) is 0 Å². The molecule has 1 N–H and O–H groups in total. The third kappa shape index (κ3) is 3.43. The van der Waals surface area contributed by atoms with Gasteiger partial charge in [-0.05, 0) is 13.8 Å². The molecule has 0 amide bonds. The SMILES string of the molecule is COCC(C)(C)Nc1ncc([N+](=O)[O-])cn1. The summed E-state index contributed by atoms with van der Waals surface area (Å²) in [5.74, 6) is 0.340. The van der Waals surface area contributed by atoms with Crippen LogP contribution in [-0.4, -0.2) is 34.1 Å². The van der Waals surface area contributed by atoms with Crippen molar-refractivity contribution in [2.75, 3.05) is 19.0 Å². The molecule has 0 aliphatic rings. The Morgan fingerprint density at radius 1 is 1.50 bits per heavy atom. The number of methoxy groups -OCH3 is 1. The molecule has 0 aliphatic carbocycles. The smallest absolute Gasteiger partial charge is 0.305 e. The predicted molar refractivity (Wildman–Crippen MR) is 58.3 cm³/mol. The fourth-order valence-electron chi connectivity index (χ4n) is 1.18. The molecular formula is C9H14N4O3. The van der Waals surface area contributed by atoms with E-state index in [4.69, 9.17) is 4.74 Å². The molecule has 0 atom stereocenters. The van der Waals surface area contributed by atoms with E-state index in [0.29, 0.717) is 12.6 Å². The van der Waals surface area contributed by atoms with Crippen molar-refractivity contribution in [2.24, 2.45) is 0 Å². The van der Waals surface area contributed by atoms with Gasteiger partial charge in [0, 0.05) is 7.11 Å². The van der Waals surface area contributed by atoms with E-state index in [-0.39, 0.29) is 11.2 Å². The average molecular weight is 226 g/mol. The molecule has 88 valence electrons. The van der Waals surface area contributed by atoms with Crippen LogP contribution in [0.2, 0.25) is 0 Å². The largest absolute Gasteiger partial charge is 0.382 e. The molecule has 0 bridgehead atoms. The molecule has 1 rings (SSSR count). The highest BCUT2D eigenvalue weighted by molar-refractivity contribution is 5.32. The minimum Gasteiger partial charge on any atom is -0.382 e. The van der Waals surface area contributed by atoms with Crippen LogP contribution in [0, 0.1) is 10.1 Å². The Morgan fingerprint density at radius 2 is 2.06 bits per heavy atom. The maximum absolute atomic E-state index is 10.4. The van der Waals surface area contributed by atoms with E-state index in [1.54, 1.807) is 7.11 Å². The highest BCUT2D eigenvalue weighted by Gasteiger charge is 2.18. The van der Waals surface area contributed by atoms with Crippen molar-refractivity contribution >= 4 is 11.6 Å². The molecule has 0 saturated heterocycles. The molecule has 0 saturated carbocycles. The van der Waals surface area contributed by atoms with E-state index < -0.39 is 4.92 Å². The van der Waals surface area contributed by atoms with Gasteiger partial charge < -0.3 is 10.1 Å². The molecule has 0 fully saturated rings. The van der Waals surface area contributed by atoms with Crippen LogP contribution in [-0.2, 0) is 4.74 Å². The first-order valence-electron chi connectivity index (χ1n) is 4.68. The van der Waals surface area contributed by atoms with Gasteiger partial charge in [0.15, 0.2) is 0 Å². The maximum atomic E-state index is 10.4. The van der Waals surface area contributed by atoms with Crippen LogP contribution < -0.4 is 5.32 Å². The summed E-state index contributed by atoms with van der Waals surface area (Å²) in [5.41, 5.74) is -0.458. The number of nitrogens with one attached hydrogen (secondary N) is 1. The molecule has 0 unspecified atom stereocenters. The monoisotopic (exact) mass is 226 g/mol. The van der Waals surface area contributed by atoms with E-state index in [9.17, 15) is 10.1 Å². The summed E-state index contributed by atoms with van der Waals surface area (Å²) < 4.78 is 5.01. The zero-order valence-electron chi connectivity index (χ0n) is 9.43. The molecule has 0 spiro atoms. The summed E-state index contributed by atoms with van der Waals surface area (Å²) in [6.07, 6.45) is 2.33. The van der Waals surface area contributed by atoms with Gasteiger partial charge in [0.2, 0.25) is 5.95 Å². The number of rotatable bonds is 5. The zero-order valence-corrected chi connectivity index (χ0v) is 9.43. The van der Waals surface area contributed by atoms with E-state index in [2.05, 4.69) is 15.3 Å². The minimum absolute atomic E-state index is 0.130. The molecule has 1 aromatic heterocycles. The molecular weight excluding hydrogens is 212 g/mol. The van der Waals surface area contributed by atoms with Crippen LogP contribution in [0.15, 0.2) is 12.4 Å². The fourth-order valence-corrected chi connectivity index (χ4v) is 1.18. The van der Waals surface area contributed by atoms with Gasteiger partial charge in [0.05, 0.1) is 17.1 Å². The van der Waals surface area contributed by atoms with Crippen molar-refractivity contribution in [1.29, 1.82) is 0 Å². The number of nitro groups is 1. The number of ether oxygens (including phenoxy) is 1. The standard InChI is InChI=1S/C9H14N4O3/c1-9(2,6-16-3)12-8-10-4-7(5-11-8)13(14)15/h4-5H,6H2,1-3H3,(H,10,11,12). The lowest BCUT2D eigenvalue weighted by molar-refractivity contribution is -0.385. The molecule has 0 radical (unpaired) electrons. The molecule has 7 nitrogen and oxygen atoms in total. The molecule has 1 aromatic rings. The predicted octanol–water partition coefficient (Wildman–Crippen LogP) is 1.22. The second kappa shape index (κ2) is 4.84. The van der Waals surface area contributed by atoms with Gasteiger partial charge in [0.1, 0.15) is 12.4 Å². The summed E-state index contributed by atoms with van der Waals surface area (Å²) in [6, 6.07) is 0. The number of anilines is 1. The van der Waals surface area contributed by atoms with Crippen molar-refractivity contribution in [1.82, 2.24) is 9.97 Å². The second-order valence-corrected chi connectivity index (χ2v) is 3.96. The minimum atomic E-state index is -0.538. The van der Waals surface area contributed by atoms with Gasteiger partial charge in [-0.1, -0.05) is 0 Å². The average Bonchev–Trinajstić information content (AvgIpc) is 2.17. The van der Waals surface area contributed by atoms with Gasteiger partial charge in [-0.15, -0.1) is 0 Å². The van der Waals surface area contributed by atoms with Crippen molar-refractivity contribution < 1.29 is 9.66 Å². The summed E-state index contributed by atoms with van der Waals surface area (Å²) in [7, 11) is 1.60. The number of aromatic nitrogens is 2. The van der Waals surface area contributed by atoms with Crippen LogP contribution in [0.1, 0.15) is 13.8 Å². The molecule has 7 heteroatoms.